The van der Waals surface area contributed by atoms with Crippen molar-refractivity contribution in [3.8, 4) is 0 Å². The van der Waals surface area contributed by atoms with Crippen LogP contribution in [0.3, 0.4) is 0 Å². The Bertz CT molecular complexity index is 1960. The molecule has 0 aromatic rings. The van der Waals surface area contributed by atoms with Crippen LogP contribution < -0.4 is 0 Å². The lowest BCUT2D eigenvalue weighted by Crippen LogP contribution is -2.30. The van der Waals surface area contributed by atoms with Crippen molar-refractivity contribution in [3.05, 3.63) is 0 Å². The predicted molar refractivity (Wildman–Crippen MR) is 409 cm³/mol. The van der Waals surface area contributed by atoms with E-state index in [1.165, 1.54) is 212 Å². The average Bonchev–Trinajstić information content (AvgIpc) is 0.918. The smallest absolute Gasteiger partial charge is 0.462 e. The van der Waals surface area contributed by atoms with Gasteiger partial charge in [-0.2, -0.15) is 0 Å². The molecule has 4 unspecified atom stereocenters. The van der Waals surface area contributed by atoms with Crippen LogP contribution in [0.5, 0.6) is 0 Å². The Morgan fingerprint density at radius 1 is 0.280 bits per heavy atom. The first-order valence-electron chi connectivity index (χ1n) is 41.8. The predicted octanol–water partition coefficient (Wildman–Crippen LogP) is 24.0. The Kier molecular flexibility index (Phi) is 68.7. The molecule has 0 spiro atoms. The molecule has 17 nitrogen and oxygen atoms in total. The molecule has 594 valence electrons. The van der Waals surface area contributed by atoms with Crippen LogP contribution in [0.2, 0.25) is 0 Å². The number of aliphatic hydroxyl groups excluding tert-OH is 1. The number of rotatable bonds is 78. The minimum Gasteiger partial charge on any atom is -0.462 e. The molecule has 0 aromatic heterocycles. The normalized spacial score (nSPS) is 14.6. The van der Waals surface area contributed by atoms with Crippen molar-refractivity contribution in [2.45, 2.75) is 433 Å². The molecule has 3 N–H and O–H groups in total. The van der Waals surface area contributed by atoms with E-state index >= 15 is 0 Å². The molecule has 7 atom stereocenters. The fourth-order valence-corrected chi connectivity index (χ4v) is 13.9. The molecule has 0 amide bonds. The number of esters is 4. The molecule has 0 aromatic carbocycles. The third kappa shape index (κ3) is 71.7. The van der Waals surface area contributed by atoms with Gasteiger partial charge in [-0.05, 0) is 49.4 Å². The van der Waals surface area contributed by atoms with Gasteiger partial charge < -0.3 is 33.8 Å². The summed E-state index contributed by atoms with van der Waals surface area (Å²) in [4.78, 5) is 73.0. The highest BCUT2D eigenvalue weighted by Crippen LogP contribution is 2.45. The Labute approximate surface area is 613 Å². The molecule has 0 aliphatic heterocycles. The van der Waals surface area contributed by atoms with Crippen molar-refractivity contribution in [1.29, 1.82) is 0 Å². The van der Waals surface area contributed by atoms with Gasteiger partial charge in [0.15, 0.2) is 12.2 Å². The quantitative estimate of drug-likeness (QED) is 0.0222. The maximum Gasteiger partial charge on any atom is 0.472 e. The number of unbranched alkanes of at least 4 members (excludes halogenated alkanes) is 42. The largest absolute Gasteiger partial charge is 0.472 e. The summed E-state index contributed by atoms with van der Waals surface area (Å²) < 4.78 is 68.7. The van der Waals surface area contributed by atoms with Crippen LogP contribution in [0.4, 0.5) is 0 Å². The van der Waals surface area contributed by atoms with Crippen LogP contribution in [0.1, 0.15) is 415 Å². The molecule has 19 heteroatoms. The molecule has 0 radical (unpaired) electrons. The van der Waals surface area contributed by atoms with Crippen LogP contribution in [-0.4, -0.2) is 96.7 Å². The van der Waals surface area contributed by atoms with Crippen molar-refractivity contribution in [3.63, 3.8) is 0 Å². The highest BCUT2D eigenvalue weighted by molar-refractivity contribution is 7.47. The molecule has 0 rings (SSSR count). The van der Waals surface area contributed by atoms with E-state index in [1.807, 2.05) is 0 Å². The standard InChI is InChI=1S/C81H158O17P2/c1-9-73(7)59-51-43-34-28-22-17-15-13-11-12-14-16-18-24-31-37-47-55-63-80(85)98-77(68-92-79(84)62-54-46-40-39-42-50-58-72(5)6)70-96-100(89,90)94-66-75(82)65-93-99(87,88)95-69-76(97-81(86)64-56-48-38-32-26-25-29-35-44-52-60-74(8)10-2)67-91-78(83)61-53-45-36-30-23-20-19-21-27-33-41-49-57-71(3)4/h71-77,82H,9-70H2,1-8H3,(H,87,88)(H,89,90)/t73?,74?,75-,76-,77-/m1/s1. The van der Waals surface area contributed by atoms with Crippen molar-refractivity contribution < 1.29 is 80.2 Å². The van der Waals surface area contributed by atoms with Crippen LogP contribution in [0.25, 0.3) is 0 Å². The lowest BCUT2D eigenvalue weighted by atomic mass is 9.99. The third-order valence-electron chi connectivity index (χ3n) is 19.5. The maximum absolute atomic E-state index is 13.1. The summed E-state index contributed by atoms with van der Waals surface area (Å²) >= 11 is 0. The Balaban J connectivity index is 5.18. The van der Waals surface area contributed by atoms with E-state index in [4.69, 9.17) is 37.0 Å². The Morgan fingerprint density at radius 2 is 0.480 bits per heavy atom. The maximum atomic E-state index is 13.1. The van der Waals surface area contributed by atoms with Gasteiger partial charge in [-0.1, -0.05) is 364 Å². The number of hydrogen-bond donors (Lipinski definition) is 3. The second kappa shape index (κ2) is 70.1. The number of aliphatic hydroxyl groups is 1. The summed E-state index contributed by atoms with van der Waals surface area (Å²) in [6, 6.07) is 0. The molecule has 0 fully saturated rings. The van der Waals surface area contributed by atoms with Gasteiger partial charge in [0.2, 0.25) is 0 Å². The van der Waals surface area contributed by atoms with Crippen LogP contribution in [0.15, 0.2) is 0 Å². The van der Waals surface area contributed by atoms with E-state index in [0.29, 0.717) is 31.6 Å². The SMILES string of the molecule is CCC(C)CCCCCCCCCCCCCCCCCCCCC(=O)O[C@H](COC(=O)CCCCCCCCC(C)C)COP(=O)(O)OC[C@H](O)COP(=O)(O)OC[C@@H](COC(=O)CCCCCCCCCCCCCCC(C)C)OC(=O)CCCCCCCCCCCCC(C)CC. The summed E-state index contributed by atoms with van der Waals surface area (Å²) in [7, 11) is -9.92. The Morgan fingerprint density at radius 3 is 0.710 bits per heavy atom. The summed E-state index contributed by atoms with van der Waals surface area (Å²) in [5.74, 6) is 1.02. The van der Waals surface area contributed by atoms with E-state index < -0.39 is 97.5 Å². The molecule has 0 aliphatic carbocycles. The number of carbonyl (C=O) groups is 4. The van der Waals surface area contributed by atoms with Crippen molar-refractivity contribution >= 4 is 39.5 Å². The summed E-state index contributed by atoms with van der Waals surface area (Å²) in [6.07, 6.45) is 57.0. The lowest BCUT2D eigenvalue weighted by molar-refractivity contribution is -0.161. The van der Waals surface area contributed by atoms with Gasteiger partial charge >= 0.3 is 39.5 Å². The van der Waals surface area contributed by atoms with Crippen LogP contribution in [0, 0.1) is 23.7 Å². The van der Waals surface area contributed by atoms with E-state index in [1.54, 1.807) is 0 Å². The summed E-state index contributed by atoms with van der Waals surface area (Å²) in [6.45, 7) is 14.3. The number of carbonyl (C=O) groups excluding carboxylic acids is 4. The van der Waals surface area contributed by atoms with E-state index in [0.717, 1.165) is 114 Å². The number of phosphoric acid groups is 2. The average molecular weight is 1470 g/mol. The highest BCUT2D eigenvalue weighted by atomic mass is 31.2. The fourth-order valence-electron chi connectivity index (χ4n) is 12.4. The van der Waals surface area contributed by atoms with E-state index in [2.05, 4.69) is 55.4 Å². The van der Waals surface area contributed by atoms with Gasteiger partial charge in [0.05, 0.1) is 26.4 Å². The molecular formula is C81H158O17P2. The minimum absolute atomic E-state index is 0.106. The second-order valence-electron chi connectivity index (χ2n) is 30.6. The van der Waals surface area contributed by atoms with Crippen LogP contribution in [-0.2, 0) is 65.4 Å². The second-order valence-corrected chi connectivity index (χ2v) is 33.5. The first-order valence-corrected chi connectivity index (χ1v) is 44.8. The van der Waals surface area contributed by atoms with Gasteiger partial charge in [0.25, 0.3) is 0 Å². The van der Waals surface area contributed by atoms with E-state index in [-0.39, 0.29) is 25.7 Å². The van der Waals surface area contributed by atoms with Gasteiger partial charge in [-0.3, -0.25) is 37.3 Å². The number of phosphoric ester groups is 2. The summed E-state index contributed by atoms with van der Waals surface area (Å²) in [5, 5.41) is 10.6. The molecule has 100 heavy (non-hydrogen) atoms. The van der Waals surface area contributed by atoms with Gasteiger partial charge in [-0.15, -0.1) is 0 Å². The van der Waals surface area contributed by atoms with E-state index in [9.17, 15) is 43.2 Å². The molecule has 0 aliphatic rings. The molecule has 0 saturated carbocycles. The molecular weight excluding hydrogens is 1310 g/mol. The monoisotopic (exact) mass is 1470 g/mol. The van der Waals surface area contributed by atoms with Crippen molar-refractivity contribution in [1.82, 2.24) is 0 Å². The number of hydrogen-bond acceptors (Lipinski definition) is 15. The fraction of sp³-hybridized carbons (Fsp3) is 0.951. The minimum atomic E-state index is -4.96. The Hall–Kier alpha value is -1.94. The third-order valence-corrected chi connectivity index (χ3v) is 21.4. The molecule has 0 heterocycles. The molecule has 0 bridgehead atoms. The van der Waals surface area contributed by atoms with Crippen molar-refractivity contribution in [2.75, 3.05) is 39.6 Å². The highest BCUT2D eigenvalue weighted by Gasteiger charge is 2.30. The van der Waals surface area contributed by atoms with Crippen LogP contribution >= 0.6 is 15.6 Å². The molecule has 0 saturated heterocycles. The van der Waals surface area contributed by atoms with Gasteiger partial charge in [0.1, 0.15) is 19.3 Å². The van der Waals surface area contributed by atoms with Crippen molar-refractivity contribution in [2.24, 2.45) is 23.7 Å². The first-order chi connectivity index (χ1) is 48.2. The first kappa shape index (κ1) is 98.1. The lowest BCUT2D eigenvalue weighted by Gasteiger charge is -2.21. The zero-order valence-corrected chi connectivity index (χ0v) is 67.6. The zero-order valence-electron chi connectivity index (χ0n) is 65.8. The topological polar surface area (TPSA) is 237 Å². The van der Waals surface area contributed by atoms with Gasteiger partial charge in [-0.25, -0.2) is 9.13 Å². The number of ether oxygens (including phenoxy) is 4. The zero-order chi connectivity index (χ0) is 73.8. The summed E-state index contributed by atoms with van der Waals surface area (Å²) in [5.41, 5.74) is 0. The van der Waals surface area contributed by atoms with Gasteiger partial charge in [0, 0.05) is 25.7 Å².